The van der Waals surface area contributed by atoms with Gasteiger partial charge in [-0.15, -0.1) is 0 Å². The lowest BCUT2D eigenvalue weighted by Crippen LogP contribution is -2.42. The second kappa shape index (κ2) is 12.8. The van der Waals surface area contributed by atoms with Crippen LogP contribution in [0.5, 0.6) is 0 Å². The SMILES string of the molecule is Cn1cc(-c2cc3c(cc2C(F)F)N(c2nn(C4CCN(COCC[Si](C)(C)C)C(=O)C4)c4c2CN(C(=O)O)CC4)CCC3)cn1. The first kappa shape index (κ1) is 32.2. The van der Waals surface area contributed by atoms with Gasteiger partial charge in [-0.05, 0) is 48.6 Å². The summed E-state index contributed by atoms with van der Waals surface area (Å²) in [6.45, 7) is 9.39. The monoisotopic (exact) mass is 655 g/mol. The number of halogens is 2. The second-order valence-electron chi connectivity index (χ2n) is 13.8. The van der Waals surface area contributed by atoms with Crippen molar-refractivity contribution in [2.24, 2.45) is 7.05 Å². The maximum absolute atomic E-state index is 14.5. The van der Waals surface area contributed by atoms with Crippen LogP contribution in [0.15, 0.2) is 24.5 Å². The van der Waals surface area contributed by atoms with E-state index < -0.39 is 20.6 Å². The number of anilines is 2. The number of carboxylic acid groups (broad SMARTS) is 1. The van der Waals surface area contributed by atoms with Gasteiger partial charge in [0.15, 0.2) is 5.82 Å². The van der Waals surface area contributed by atoms with E-state index in [4.69, 9.17) is 9.84 Å². The van der Waals surface area contributed by atoms with Crippen LogP contribution in [0.2, 0.25) is 25.7 Å². The molecule has 1 N–H and O–H groups in total. The van der Waals surface area contributed by atoms with Gasteiger partial charge < -0.3 is 24.5 Å². The van der Waals surface area contributed by atoms with Crippen molar-refractivity contribution >= 4 is 31.6 Å². The number of carbonyl (C=O) groups is 2. The van der Waals surface area contributed by atoms with E-state index in [-0.39, 0.29) is 37.2 Å². The number of amides is 2. The molecule has 3 aliphatic heterocycles. The van der Waals surface area contributed by atoms with Gasteiger partial charge in [0.1, 0.15) is 6.73 Å². The minimum atomic E-state index is -2.70. The molecule has 3 aliphatic rings. The quantitative estimate of drug-likeness (QED) is 0.229. The van der Waals surface area contributed by atoms with Crippen LogP contribution in [0.1, 0.15) is 54.1 Å². The van der Waals surface area contributed by atoms with Crippen molar-refractivity contribution in [3.05, 3.63) is 46.9 Å². The Morgan fingerprint density at radius 1 is 1.17 bits per heavy atom. The third-order valence-electron chi connectivity index (χ3n) is 9.30. The van der Waals surface area contributed by atoms with Gasteiger partial charge in [-0.3, -0.25) is 14.2 Å². The Morgan fingerprint density at radius 3 is 2.65 bits per heavy atom. The molecule has 0 bridgehead atoms. The largest absolute Gasteiger partial charge is 0.465 e. The maximum atomic E-state index is 14.5. The number of nitrogens with zero attached hydrogens (tertiary/aromatic N) is 7. The minimum Gasteiger partial charge on any atom is -0.465 e. The summed E-state index contributed by atoms with van der Waals surface area (Å²) in [5.74, 6) is 0.589. The molecule has 2 amide bonds. The maximum Gasteiger partial charge on any atom is 0.407 e. The van der Waals surface area contributed by atoms with Crippen LogP contribution in [0.25, 0.3) is 11.1 Å². The number of aryl methyl sites for hydroxylation is 2. The zero-order chi connectivity index (χ0) is 32.7. The minimum absolute atomic E-state index is 0.00542. The molecule has 1 unspecified atom stereocenters. The Bertz CT molecular complexity index is 1620. The number of fused-ring (bicyclic) bond motifs is 2. The highest BCUT2D eigenvalue weighted by atomic mass is 28.3. The zero-order valence-electron chi connectivity index (χ0n) is 27.0. The first-order chi connectivity index (χ1) is 21.9. The highest BCUT2D eigenvalue weighted by molar-refractivity contribution is 6.76. The Balaban J connectivity index is 1.31. The fraction of sp³-hybridized carbons (Fsp3) is 0.562. The molecule has 11 nitrogen and oxygen atoms in total. The Morgan fingerprint density at radius 2 is 1.98 bits per heavy atom. The van der Waals surface area contributed by atoms with Crippen LogP contribution in [0.4, 0.5) is 25.1 Å². The number of aromatic nitrogens is 4. The standard InChI is InChI=1S/C32H43F2N7O4Si/c1-37-18-22(17-35-37)24-14-21-6-5-9-40(28(21)16-25(24)30(33)34)31-26-19-38(32(43)44)11-8-27(26)41(36-31)23-7-10-39(29(42)15-23)20-45-12-13-46(2,3)4/h14,16-18,23,30H,5-13,15,19-20H2,1-4H3,(H,43,44). The topological polar surface area (TPSA) is 109 Å². The zero-order valence-corrected chi connectivity index (χ0v) is 28.0. The van der Waals surface area contributed by atoms with Crippen molar-refractivity contribution < 1.29 is 28.2 Å². The van der Waals surface area contributed by atoms with Crippen LogP contribution in [-0.4, -0.2) is 87.5 Å². The number of ether oxygens (including phenoxy) is 1. The molecule has 1 aromatic carbocycles. The van der Waals surface area contributed by atoms with Crippen molar-refractivity contribution in [2.45, 2.75) is 76.8 Å². The Kier molecular flexibility index (Phi) is 8.94. The lowest BCUT2D eigenvalue weighted by Gasteiger charge is -2.33. The summed E-state index contributed by atoms with van der Waals surface area (Å²) in [7, 11) is 0.528. The van der Waals surface area contributed by atoms with E-state index in [1.54, 1.807) is 35.1 Å². The average Bonchev–Trinajstić information content (AvgIpc) is 3.61. The molecule has 1 saturated heterocycles. The summed E-state index contributed by atoms with van der Waals surface area (Å²) < 4.78 is 38.4. The molecule has 5 heterocycles. The molecule has 248 valence electrons. The Labute approximate surface area is 268 Å². The first-order valence-electron chi connectivity index (χ1n) is 16.0. The Hall–Kier alpha value is -3.78. The summed E-state index contributed by atoms with van der Waals surface area (Å²) >= 11 is 0. The van der Waals surface area contributed by atoms with E-state index in [0.29, 0.717) is 61.7 Å². The normalized spacial score (nSPS) is 18.7. The van der Waals surface area contributed by atoms with Crippen molar-refractivity contribution in [1.82, 2.24) is 29.4 Å². The predicted molar refractivity (Wildman–Crippen MR) is 172 cm³/mol. The number of rotatable bonds is 9. The summed E-state index contributed by atoms with van der Waals surface area (Å²) in [6.07, 6.45) is 2.56. The van der Waals surface area contributed by atoms with Crippen molar-refractivity contribution in [1.29, 1.82) is 0 Å². The van der Waals surface area contributed by atoms with Crippen LogP contribution < -0.4 is 4.90 Å². The summed E-state index contributed by atoms with van der Waals surface area (Å²) in [6, 6.07) is 4.26. The van der Waals surface area contributed by atoms with E-state index in [9.17, 15) is 23.5 Å². The molecular formula is C32H43F2N7O4Si. The number of carbonyl (C=O) groups excluding carboxylic acids is 1. The molecule has 0 saturated carbocycles. The van der Waals surface area contributed by atoms with Crippen LogP contribution in [0.3, 0.4) is 0 Å². The fourth-order valence-electron chi connectivity index (χ4n) is 6.73. The third-order valence-corrected chi connectivity index (χ3v) is 11.0. The number of likely N-dealkylation sites (tertiary alicyclic amines) is 1. The van der Waals surface area contributed by atoms with Gasteiger partial charge in [-0.2, -0.15) is 10.2 Å². The highest BCUT2D eigenvalue weighted by Gasteiger charge is 2.36. The number of hydrogen-bond donors (Lipinski definition) is 1. The van der Waals surface area contributed by atoms with Crippen LogP contribution in [0, 0.1) is 0 Å². The number of piperidine rings is 1. The smallest absolute Gasteiger partial charge is 0.407 e. The van der Waals surface area contributed by atoms with E-state index in [2.05, 4.69) is 24.7 Å². The third kappa shape index (κ3) is 6.54. The molecule has 0 radical (unpaired) electrons. The molecule has 0 aliphatic carbocycles. The lowest BCUT2D eigenvalue weighted by atomic mass is 9.92. The van der Waals surface area contributed by atoms with Gasteiger partial charge >= 0.3 is 6.09 Å². The average molecular weight is 656 g/mol. The van der Waals surface area contributed by atoms with Crippen molar-refractivity contribution in [3.63, 3.8) is 0 Å². The summed E-state index contributed by atoms with van der Waals surface area (Å²) in [4.78, 5) is 30.4. The fourth-order valence-corrected chi connectivity index (χ4v) is 7.49. The highest BCUT2D eigenvalue weighted by Crippen LogP contribution is 2.43. The van der Waals surface area contributed by atoms with Gasteiger partial charge in [0.25, 0.3) is 6.43 Å². The van der Waals surface area contributed by atoms with Gasteiger partial charge in [-0.1, -0.05) is 19.6 Å². The molecule has 6 rings (SSSR count). The van der Waals surface area contributed by atoms with Gasteiger partial charge in [0.2, 0.25) is 5.91 Å². The lowest BCUT2D eigenvalue weighted by molar-refractivity contribution is -0.140. The van der Waals surface area contributed by atoms with Crippen molar-refractivity contribution in [2.75, 3.05) is 37.9 Å². The molecule has 46 heavy (non-hydrogen) atoms. The molecule has 3 aromatic rings. The molecule has 14 heteroatoms. The van der Waals surface area contributed by atoms with E-state index in [1.165, 1.54) is 4.90 Å². The van der Waals surface area contributed by atoms with Gasteiger partial charge in [0.05, 0.1) is 18.8 Å². The van der Waals surface area contributed by atoms with Gasteiger partial charge in [-0.25, -0.2) is 13.6 Å². The van der Waals surface area contributed by atoms with Crippen LogP contribution >= 0.6 is 0 Å². The summed E-state index contributed by atoms with van der Waals surface area (Å²) in [5.41, 5.74) is 4.30. The van der Waals surface area contributed by atoms with Crippen molar-refractivity contribution in [3.8, 4) is 11.1 Å². The number of hydrogen-bond acceptors (Lipinski definition) is 6. The number of alkyl halides is 2. The molecule has 1 atom stereocenters. The molecule has 2 aromatic heterocycles. The van der Waals surface area contributed by atoms with Crippen LogP contribution in [-0.2, 0) is 36.0 Å². The molecule has 1 fully saturated rings. The van der Waals surface area contributed by atoms with E-state index in [1.807, 2.05) is 15.6 Å². The molecule has 0 spiro atoms. The first-order valence-corrected chi connectivity index (χ1v) is 19.8. The molecular weight excluding hydrogens is 612 g/mol. The number of benzene rings is 1. The second-order valence-corrected chi connectivity index (χ2v) is 19.4. The predicted octanol–water partition coefficient (Wildman–Crippen LogP) is 5.82. The summed E-state index contributed by atoms with van der Waals surface area (Å²) in [5, 5.41) is 19.1. The van der Waals surface area contributed by atoms with E-state index >= 15 is 0 Å². The van der Waals surface area contributed by atoms with Gasteiger partial charge in [0, 0.05) is 88.5 Å². The van der Waals surface area contributed by atoms with E-state index in [0.717, 1.165) is 35.7 Å².